The zero-order chi connectivity index (χ0) is 25.9. The Balaban J connectivity index is 1.54. The molecule has 0 spiro atoms. The summed E-state index contributed by atoms with van der Waals surface area (Å²) in [6.45, 7) is 4.12. The van der Waals surface area contributed by atoms with Crippen molar-refractivity contribution in [2.75, 3.05) is 31.8 Å². The van der Waals surface area contributed by atoms with Crippen LogP contribution in [0.5, 0.6) is 11.6 Å². The number of carbonyl (C=O) groups is 1. The molecule has 3 aromatic rings. The smallest absolute Gasteiger partial charge is 0.408 e. The number of amides is 1. The van der Waals surface area contributed by atoms with E-state index in [1.807, 2.05) is 6.92 Å². The maximum Gasteiger partial charge on any atom is 0.408 e. The van der Waals surface area contributed by atoms with Gasteiger partial charge in [-0.05, 0) is 31.0 Å². The van der Waals surface area contributed by atoms with E-state index in [0.717, 1.165) is 11.1 Å². The number of fused-ring (bicyclic) bond motifs is 1. The molecule has 3 aromatic heterocycles. The highest BCUT2D eigenvalue weighted by molar-refractivity contribution is 6.10. The molecule has 0 N–H and O–H groups in total. The summed E-state index contributed by atoms with van der Waals surface area (Å²) >= 11 is 0. The van der Waals surface area contributed by atoms with Crippen LogP contribution in [-0.2, 0) is 17.8 Å². The average Bonchev–Trinajstić information content (AvgIpc) is 3.41. The number of anilines is 1. The molecule has 4 rings (SSSR count). The average molecular weight is 505 g/mol. The molecule has 0 saturated heterocycles. The number of pyridine rings is 2. The normalized spacial score (nSPS) is 13.3. The fourth-order valence-corrected chi connectivity index (χ4v) is 3.89. The summed E-state index contributed by atoms with van der Waals surface area (Å²) in [5, 5.41) is 3.73. The van der Waals surface area contributed by atoms with Crippen LogP contribution in [0.15, 0.2) is 30.7 Å². The quantitative estimate of drug-likeness (QED) is 0.382. The topological polar surface area (TPSA) is 91.6 Å². The maximum absolute atomic E-state index is 13.0. The summed E-state index contributed by atoms with van der Waals surface area (Å²) in [7, 11) is 1.51. The van der Waals surface area contributed by atoms with Crippen molar-refractivity contribution in [3.8, 4) is 22.9 Å². The highest BCUT2D eigenvalue weighted by Crippen LogP contribution is 2.34. The Morgan fingerprint density at radius 1 is 1.14 bits per heavy atom. The molecule has 1 aliphatic heterocycles. The lowest BCUT2D eigenvalue weighted by molar-refractivity contribution is -0.142. The van der Waals surface area contributed by atoms with Gasteiger partial charge in [0, 0.05) is 24.6 Å². The molecule has 0 aliphatic carbocycles. The van der Waals surface area contributed by atoms with Crippen molar-refractivity contribution in [3.63, 3.8) is 0 Å². The van der Waals surface area contributed by atoms with Crippen LogP contribution >= 0.6 is 0 Å². The zero-order valence-electron chi connectivity index (χ0n) is 20.1. The monoisotopic (exact) mass is 505 g/mol. The van der Waals surface area contributed by atoms with Gasteiger partial charge in [-0.1, -0.05) is 6.92 Å². The zero-order valence-corrected chi connectivity index (χ0v) is 20.1. The third kappa shape index (κ3) is 5.59. The van der Waals surface area contributed by atoms with E-state index in [1.165, 1.54) is 24.4 Å². The first-order valence-electron chi connectivity index (χ1n) is 11.4. The summed E-state index contributed by atoms with van der Waals surface area (Å²) in [4.78, 5) is 23.4. The van der Waals surface area contributed by atoms with Crippen LogP contribution in [-0.4, -0.2) is 58.8 Å². The van der Waals surface area contributed by atoms with Gasteiger partial charge in [-0.2, -0.15) is 18.3 Å². The number of methoxy groups -OCH3 is 1. The minimum Gasteiger partial charge on any atom is -0.491 e. The summed E-state index contributed by atoms with van der Waals surface area (Å²) in [5.74, 6) is 0.423. The number of alkyl halides is 3. The number of ether oxygens (including phenoxy) is 3. The van der Waals surface area contributed by atoms with Gasteiger partial charge in [0.05, 0.1) is 49.1 Å². The van der Waals surface area contributed by atoms with Crippen molar-refractivity contribution in [2.45, 2.75) is 39.5 Å². The number of aryl methyl sites for hydroxylation is 1. The maximum atomic E-state index is 13.0. The van der Waals surface area contributed by atoms with Gasteiger partial charge in [0.2, 0.25) is 0 Å². The van der Waals surface area contributed by atoms with E-state index in [4.69, 9.17) is 14.2 Å². The first-order chi connectivity index (χ1) is 17.2. The highest BCUT2D eigenvalue weighted by Gasteiger charge is 2.34. The SMILES string of the molecule is CCCOCCOc1ncc(-c2cc(C)c3c(n2)CN(c2cnn(CC(F)(F)F)c2)C3=O)cc1OC. The Labute approximate surface area is 205 Å². The van der Waals surface area contributed by atoms with E-state index in [0.29, 0.717) is 59.5 Å². The largest absolute Gasteiger partial charge is 0.491 e. The van der Waals surface area contributed by atoms with E-state index in [9.17, 15) is 18.0 Å². The van der Waals surface area contributed by atoms with Gasteiger partial charge in [-0.25, -0.2) is 4.98 Å². The molecule has 9 nitrogen and oxygen atoms in total. The number of hydrogen-bond acceptors (Lipinski definition) is 7. The fourth-order valence-electron chi connectivity index (χ4n) is 3.89. The van der Waals surface area contributed by atoms with Gasteiger partial charge in [0.15, 0.2) is 5.75 Å². The fraction of sp³-hybridized carbons (Fsp3) is 0.417. The second kappa shape index (κ2) is 10.5. The van der Waals surface area contributed by atoms with Crippen LogP contribution in [0.4, 0.5) is 18.9 Å². The molecule has 1 amide bonds. The van der Waals surface area contributed by atoms with E-state index >= 15 is 0 Å². The standard InChI is InChI=1S/C24H26F3N5O4/c1-4-5-35-6-7-36-22-20(34-3)9-16(10-28-22)18-8-15(2)21-19(30-18)13-32(23(21)33)17-11-29-31(12-17)14-24(25,26)27/h8-12H,4-7,13-14H2,1-3H3. The number of carbonyl (C=O) groups excluding carboxylic acids is 1. The summed E-state index contributed by atoms with van der Waals surface area (Å²) in [5.41, 5.74) is 3.15. The molecule has 0 unspecified atom stereocenters. The molecule has 192 valence electrons. The number of rotatable bonds is 10. The first-order valence-corrected chi connectivity index (χ1v) is 11.4. The Bertz CT molecular complexity index is 1240. The van der Waals surface area contributed by atoms with E-state index in [2.05, 4.69) is 15.1 Å². The Morgan fingerprint density at radius 3 is 2.67 bits per heavy atom. The molecule has 36 heavy (non-hydrogen) atoms. The van der Waals surface area contributed by atoms with Crippen LogP contribution < -0.4 is 14.4 Å². The number of aromatic nitrogens is 4. The lowest BCUT2D eigenvalue weighted by Crippen LogP contribution is -2.23. The molecule has 0 bridgehead atoms. The molecule has 0 radical (unpaired) electrons. The van der Waals surface area contributed by atoms with Crippen molar-refractivity contribution in [2.24, 2.45) is 0 Å². The van der Waals surface area contributed by atoms with Gasteiger partial charge >= 0.3 is 6.18 Å². The number of halogens is 3. The molecule has 0 aromatic carbocycles. The molecular weight excluding hydrogens is 479 g/mol. The van der Waals surface area contributed by atoms with Crippen molar-refractivity contribution in [1.29, 1.82) is 0 Å². The van der Waals surface area contributed by atoms with Crippen LogP contribution in [0.2, 0.25) is 0 Å². The minimum absolute atomic E-state index is 0.115. The van der Waals surface area contributed by atoms with Gasteiger partial charge in [-0.3, -0.25) is 19.4 Å². The second-order valence-electron chi connectivity index (χ2n) is 8.24. The van der Waals surface area contributed by atoms with Crippen LogP contribution in [0.3, 0.4) is 0 Å². The summed E-state index contributed by atoms with van der Waals surface area (Å²) in [6.07, 6.45) is 0.566. The number of hydrogen-bond donors (Lipinski definition) is 0. The third-order valence-corrected chi connectivity index (χ3v) is 5.48. The van der Waals surface area contributed by atoms with E-state index in [1.54, 1.807) is 25.3 Å². The predicted molar refractivity (Wildman–Crippen MR) is 124 cm³/mol. The van der Waals surface area contributed by atoms with Crippen LogP contribution in [0.1, 0.15) is 35.0 Å². The first kappa shape index (κ1) is 25.4. The Hall–Kier alpha value is -3.67. The van der Waals surface area contributed by atoms with Gasteiger partial charge in [0.1, 0.15) is 13.2 Å². The molecule has 0 atom stereocenters. The molecule has 0 saturated carbocycles. The van der Waals surface area contributed by atoms with Gasteiger partial charge < -0.3 is 14.2 Å². The Morgan fingerprint density at radius 2 is 1.94 bits per heavy atom. The van der Waals surface area contributed by atoms with Crippen molar-refractivity contribution < 1.29 is 32.2 Å². The highest BCUT2D eigenvalue weighted by atomic mass is 19.4. The molecule has 1 aliphatic rings. The lowest BCUT2D eigenvalue weighted by atomic mass is 10.1. The number of nitrogens with zero attached hydrogens (tertiary/aromatic N) is 5. The van der Waals surface area contributed by atoms with E-state index < -0.39 is 12.7 Å². The van der Waals surface area contributed by atoms with Crippen molar-refractivity contribution in [3.05, 3.63) is 47.5 Å². The predicted octanol–water partition coefficient (Wildman–Crippen LogP) is 4.19. The van der Waals surface area contributed by atoms with Crippen molar-refractivity contribution >= 4 is 11.6 Å². The van der Waals surface area contributed by atoms with Gasteiger partial charge in [-0.15, -0.1) is 0 Å². The third-order valence-electron chi connectivity index (χ3n) is 5.48. The van der Waals surface area contributed by atoms with Crippen LogP contribution in [0, 0.1) is 6.92 Å². The molecule has 0 fully saturated rings. The summed E-state index contributed by atoms with van der Waals surface area (Å²) < 4.78 is 55.3. The molecule has 12 heteroatoms. The van der Waals surface area contributed by atoms with Crippen molar-refractivity contribution in [1.82, 2.24) is 19.7 Å². The lowest BCUT2D eigenvalue weighted by Gasteiger charge is -2.12. The molecular formula is C24H26F3N5O4. The van der Waals surface area contributed by atoms with Gasteiger partial charge in [0.25, 0.3) is 11.8 Å². The Kier molecular flexibility index (Phi) is 7.43. The second-order valence-corrected chi connectivity index (χ2v) is 8.24. The van der Waals surface area contributed by atoms with E-state index in [-0.39, 0.29) is 18.1 Å². The minimum atomic E-state index is -4.41. The van der Waals surface area contributed by atoms with Crippen LogP contribution in [0.25, 0.3) is 11.3 Å². The molecule has 4 heterocycles. The summed E-state index contributed by atoms with van der Waals surface area (Å²) in [6, 6.07) is 3.52.